The Morgan fingerprint density at radius 1 is 1.29 bits per heavy atom. The number of phenols is 1. The molecule has 0 fully saturated rings. The standard InChI is InChI=1S/C21H21N3O3S/c1-27-13-11-22-17-9-10-23-20-18(17)16-4-2-3-12-24(21(26)19(16)28-20)14-5-7-15(25)8-6-14/h3,5-10,12,25H,2,4,11,13H2,1H3,(H,22,23)/b12-3-. The highest BCUT2D eigenvalue weighted by atomic mass is 32.1. The maximum absolute atomic E-state index is 13.4. The molecular weight excluding hydrogens is 374 g/mol. The average molecular weight is 395 g/mol. The Balaban J connectivity index is 1.77. The van der Waals surface area contributed by atoms with Crippen LogP contribution in [-0.4, -0.2) is 36.3 Å². The number of rotatable bonds is 5. The lowest BCUT2D eigenvalue weighted by atomic mass is 10.0. The number of methoxy groups -OCH3 is 1. The summed E-state index contributed by atoms with van der Waals surface area (Å²) in [7, 11) is 1.67. The maximum Gasteiger partial charge on any atom is 0.272 e. The molecule has 1 aliphatic rings. The van der Waals surface area contributed by atoms with Crippen molar-refractivity contribution in [2.75, 3.05) is 30.5 Å². The van der Waals surface area contributed by atoms with Gasteiger partial charge in [0.1, 0.15) is 10.6 Å². The Kier molecular flexibility index (Phi) is 5.27. The number of aryl methyl sites for hydroxylation is 1. The Labute approximate surface area is 167 Å². The Morgan fingerprint density at radius 3 is 2.89 bits per heavy atom. The van der Waals surface area contributed by atoms with Crippen molar-refractivity contribution in [3.8, 4) is 5.75 Å². The molecule has 0 radical (unpaired) electrons. The molecule has 0 aliphatic carbocycles. The molecule has 3 heterocycles. The number of ether oxygens (including phenoxy) is 1. The molecule has 1 amide bonds. The van der Waals surface area contributed by atoms with E-state index in [0.29, 0.717) is 18.0 Å². The molecule has 28 heavy (non-hydrogen) atoms. The molecule has 4 rings (SSSR count). The van der Waals surface area contributed by atoms with Crippen molar-refractivity contribution in [2.24, 2.45) is 0 Å². The fourth-order valence-electron chi connectivity index (χ4n) is 3.33. The van der Waals surface area contributed by atoms with E-state index in [2.05, 4.69) is 10.3 Å². The van der Waals surface area contributed by atoms with Gasteiger partial charge in [-0.2, -0.15) is 0 Å². The highest BCUT2D eigenvalue weighted by Gasteiger charge is 2.26. The van der Waals surface area contributed by atoms with Crippen LogP contribution in [0.25, 0.3) is 10.2 Å². The molecule has 2 aromatic heterocycles. The lowest BCUT2D eigenvalue weighted by Gasteiger charge is -2.20. The predicted octanol–water partition coefficient (Wildman–Crippen LogP) is 4.17. The second-order valence-corrected chi connectivity index (χ2v) is 7.48. The van der Waals surface area contributed by atoms with Crippen LogP contribution < -0.4 is 10.2 Å². The third-order valence-corrected chi connectivity index (χ3v) is 5.80. The first-order chi connectivity index (χ1) is 13.7. The van der Waals surface area contributed by atoms with Gasteiger partial charge in [-0.15, -0.1) is 11.3 Å². The number of benzene rings is 1. The van der Waals surface area contributed by atoms with E-state index < -0.39 is 0 Å². The molecule has 6 nitrogen and oxygen atoms in total. The van der Waals surface area contributed by atoms with E-state index in [-0.39, 0.29) is 11.7 Å². The number of phenolic OH excluding ortho intramolecular Hbond substituents is 1. The lowest BCUT2D eigenvalue weighted by molar-refractivity contribution is 0.100. The van der Waals surface area contributed by atoms with Crippen LogP contribution in [0, 0.1) is 0 Å². The zero-order valence-electron chi connectivity index (χ0n) is 15.5. The number of allylic oxidation sites excluding steroid dienone is 1. The van der Waals surface area contributed by atoms with Gasteiger partial charge in [0.2, 0.25) is 0 Å². The van der Waals surface area contributed by atoms with Gasteiger partial charge in [0.05, 0.1) is 11.5 Å². The molecule has 1 aromatic carbocycles. The first-order valence-electron chi connectivity index (χ1n) is 9.11. The van der Waals surface area contributed by atoms with Gasteiger partial charge in [0, 0.05) is 42.8 Å². The smallest absolute Gasteiger partial charge is 0.272 e. The number of pyridine rings is 1. The van der Waals surface area contributed by atoms with Crippen molar-refractivity contribution in [1.29, 1.82) is 0 Å². The van der Waals surface area contributed by atoms with Gasteiger partial charge < -0.3 is 15.2 Å². The summed E-state index contributed by atoms with van der Waals surface area (Å²) in [5.74, 6) is 0.0910. The number of fused-ring (bicyclic) bond motifs is 3. The third kappa shape index (κ3) is 3.46. The van der Waals surface area contributed by atoms with Crippen LogP contribution in [0.4, 0.5) is 11.4 Å². The summed E-state index contributed by atoms with van der Waals surface area (Å²) < 4.78 is 5.13. The Morgan fingerprint density at radius 2 is 2.11 bits per heavy atom. The number of carbonyl (C=O) groups is 1. The molecular formula is C21H21N3O3S. The molecule has 0 bridgehead atoms. The second-order valence-electron chi connectivity index (χ2n) is 6.48. The molecule has 0 atom stereocenters. The van der Waals surface area contributed by atoms with E-state index in [9.17, 15) is 9.90 Å². The first-order valence-corrected chi connectivity index (χ1v) is 9.93. The number of carbonyl (C=O) groups excluding carboxylic acids is 1. The van der Waals surface area contributed by atoms with E-state index in [1.54, 1.807) is 42.5 Å². The SMILES string of the molecule is COCCNc1ccnc2sc3c(c12)CC/C=C\N(c1ccc(O)cc1)C3=O. The van der Waals surface area contributed by atoms with Crippen molar-refractivity contribution >= 4 is 38.8 Å². The number of nitrogens with one attached hydrogen (secondary N) is 1. The molecule has 0 saturated heterocycles. The minimum atomic E-state index is -0.0810. The highest BCUT2D eigenvalue weighted by molar-refractivity contribution is 7.20. The number of anilines is 2. The Hall–Kier alpha value is -2.90. The summed E-state index contributed by atoms with van der Waals surface area (Å²) in [5.41, 5.74) is 2.73. The number of aromatic nitrogens is 1. The van der Waals surface area contributed by atoms with Crippen LogP contribution in [0.5, 0.6) is 5.75 Å². The molecule has 144 valence electrons. The fourth-order valence-corrected chi connectivity index (χ4v) is 4.49. The molecule has 2 N–H and O–H groups in total. The summed E-state index contributed by atoms with van der Waals surface area (Å²) in [6, 6.07) is 8.59. The maximum atomic E-state index is 13.4. The third-order valence-electron chi connectivity index (χ3n) is 4.67. The Bertz CT molecular complexity index is 1030. The van der Waals surface area contributed by atoms with Crippen LogP contribution in [0.3, 0.4) is 0 Å². The first kappa shape index (κ1) is 18.5. The zero-order valence-corrected chi connectivity index (χ0v) is 16.3. The normalized spacial score (nSPS) is 15.2. The topological polar surface area (TPSA) is 74.7 Å². The van der Waals surface area contributed by atoms with Crippen LogP contribution in [-0.2, 0) is 11.2 Å². The average Bonchev–Trinajstić information content (AvgIpc) is 3.06. The van der Waals surface area contributed by atoms with Crippen molar-refractivity contribution in [1.82, 2.24) is 4.98 Å². The van der Waals surface area contributed by atoms with Crippen molar-refractivity contribution in [3.05, 3.63) is 59.2 Å². The van der Waals surface area contributed by atoms with E-state index in [0.717, 1.165) is 40.0 Å². The zero-order chi connectivity index (χ0) is 19.5. The van der Waals surface area contributed by atoms with Crippen molar-refractivity contribution in [3.63, 3.8) is 0 Å². The molecule has 0 saturated carbocycles. The summed E-state index contributed by atoms with van der Waals surface area (Å²) in [6.07, 6.45) is 7.19. The van der Waals surface area contributed by atoms with Crippen LogP contribution >= 0.6 is 11.3 Å². The lowest BCUT2D eigenvalue weighted by Crippen LogP contribution is -2.26. The summed E-state index contributed by atoms with van der Waals surface area (Å²) >= 11 is 1.43. The van der Waals surface area contributed by atoms with Crippen LogP contribution in [0.2, 0.25) is 0 Å². The summed E-state index contributed by atoms with van der Waals surface area (Å²) in [4.78, 5) is 21.1. The van der Waals surface area contributed by atoms with E-state index in [1.165, 1.54) is 11.3 Å². The number of hydrogen-bond acceptors (Lipinski definition) is 6. The van der Waals surface area contributed by atoms with Gasteiger partial charge in [-0.05, 0) is 48.7 Å². The molecule has 1 aliphatic heterocycles. The fraction of sp³-hybridized carbons (Fsp3) is 0.238. The van der Waals surface area contributed by atoms with E-state index >= 15 is 0 Å². The summed E-state index contributed by atoms with van der Waals surface area (Å²) in [6.45, 7) is 1.29. The molecule has 7 heteroatoms. The van der Waals surface area contributed by atoms with Gasteiger partial charge in [-0.25, -0.2) is 4.98 Å². The minimum Gasteiger partial charge on any atom is -0.508 e. The van der Waals surface area contributed by atoms with Crippen LogP contribution in [0.15, 0.2) is 48.8 Å². The second kappa shape index (κ2) is 8.00. The summed E-state index contributed by atoms with van der Waals surface area (Å²) in [5, 5.41) is 14.0. The molecule has 3 aromatic rings. The number of amides is 1. The van der Waals surface area contributed by atoms with Gasteiger partial charge in [0.25, 0.3) is 5.91 Å². The quantitative estimate of drug-likeness (QED) is 0.635. The van der Waals surface area contributed by atoms with Gasteiger partial charge >= 0.3 is 0 Å². The molecule has 0 unspecified atom stereocenters. The minimum absolute atomic E-state index is 0.0810. The van der Waals surface area contributed by atoms with Crippen molar-refractivity contribution in [2.45, 2.75) is 12.8 Å². The highest BCUT2D eigenvalue weighted by Crippen LogP contribution is 2.38. The van der Waals surface area contributed by atoms with E-state index in [4.69, 9.17) is 4.74 Å². The number of thiophene rings is 1. The van der Waals surface area contributed by atoms with Gasteiger partial charge in [0.15, 0.2) is 0 Å². The largest absolute Gasteiger partial charge is 0.508 e. The van der Waals surface area contributed by atoms with Gasteiger partial charge in [-0.1, -0.05) is 6.08 Å². The van der Waals surface area contributed by atoms with Crippen molar-refractivity contribution < 1.29 is 14.6 Å². The monoisotopic (exact) mass is 395 g/mol. The number of aromatic hydroxyl groups is 1. The van der Waals surface area contributed by atoms with E-state index in [1.807, 2.05) is 18.3 Å². The predicted molar refractivity (Wildman–Crippen MR) is 112 cm³/mol. The molecule has 0 spiro atoms. The number of nitrogens with zero attached hydrogens (tertiary/aromatic N) is 2. The number of hydrogen-bond donors (Lipinski definition) is 2. The van der Waals surface area contributed by atoms with Crippen LogP contribution in [0.1, 0.15) is 21.7 Å². The van der Waals surface area contributed by atoms with Gasteiger partial charge in [-0.3, -0.25) is 9.69 Å².